The van der Waals surface area contributed by atoms with E-state index in [9.17, 15) is 14.3 Å². The fraction of sp³-hybridized carbons (Fsp3) is 0.533. The second kappa shape index (κ2) is 6.59. The Balaban J connectivity index is 1.74. The monoisotopic (exact) mass is 297 g/mol. The van der Waals surface area contributed by atoms with E-state index in [1.54, 1.807) is 12.1 Å². The second-order valence-corrected chi connectivity index (χ2v) is 6.62. The molecular formula is C15H20FNO2S. The van der Waals surface area contributed by atoms with Gasteiger partial charge < -0.3 is 10.0 Å². The molecule has 1 N–H and O–H groups in total. The van der Waals surface area contributed by atoms with Crippen LogP contribution in [0.15, 0.2) is 29.2 Å². The summed E-state index contributed by atoms with van der Waals surface area (Å²) in [6.07, 6.45) is 1.37. The van der Waals surface area contributed by atoms with Crippen LogP contribution in [0.25, 0.3) is 0 Å². The highest BCUT2D eigenvalue weighted by atomic mass is 32.2. The molecule has 5 heteroatoms. The zero-order valence-electron chi connectivity index (χ0n) is 11.6. The molecule has 0 aliphatic carbocycles. The van der Waals surface area contributed by atoms with Crippen molar-refractivity contribution in [1.82, 2.24) is 4.90 Å². The van der Waals surface area contributed by atoms with Gasteiger partial charge in [0.05, 0.1) is 5.41 Å². The number of hydrogen-bond donors (Lipinski definition) is 1. The number of likely N-dealkylation sites (tertiary alicyclic amines) is 1. The molecule has 0 saturated carbocycles. The molecule has 1 fully saturated rings. The number of rotatable bonds is 5. The van der Waals surface area contributed by atoms with Gasteiger partial charge in [-0.3, -0.25) is 4.79 Å². The third-order valence-electron chi connectivity index (χ3n) is 3.98. The van der Waals surface area contributed by atoms with Gasteiger partial charge in [-0.1, -0.05) is 12.1 Å². The third-order valence-corrected chi connectivity index (χ3v) is 5.01. The predicted molar refractivity (Wildman–Crippen MR) is 78.5 cm³/mol. The van der Waals surface area contributed by atoms with Crippen LogP contribution in [0.3, 0.4) is 0 Å². The quantitative estimate of drug-likeness (QED) is 0.848. The molecule has 20 heavy (non-hydrogen) atoms. The highest BCUT2D eigenvalue weighted by molar-refractivity contribution is 7.99. The van der Waals surface area contributed by atoms with Gasteiger partial charge in [-0.05, 0) is 45.0 Å². The fourth-order valence-corrected chi connectivity index (χ4v) is 3.28. The predicted octanol–water partition coefficient (Wildman–Crippen LogP) is 3.10. The number of piperidine rings is 1. The smallest absolute Gasteiger partial charge is 0.309 e. The third kappa shape index (κ3) is 3.73. The molecule has 0 aromatic heterocycles. The average molecular weight is 297 g/mol. The average Bonchev–Trinajstić information content (AvgIpc) is 2.43. The van der Waals surface area contributed by atoms with Gasteiger partial charge in [-0.2, -0.15) is 0 Å². The molecule has 110 valence electrons. The summed E-state index contributed by atoms with van der Waals surface area (Å²) >= 11 is 1.51. The van der Waals surface area contributed by atoms with Gasteiger partial charge in [0.25, 0.3) is 0 Å². The SMILES string of the molecule is CC1(C(=O)O)CCN(CCSc2ccccc2F)CC1. The highest BCUT2D eigenvalue weighted by Crippen LogP contribution is 2.31. The second-order valence-electron chi connectivity index (χ2n) is 5.49. The van der Waals surface area contributed by atoms with Crippen molar-refractivity contribution in [3.8, 4) is 0 Å². The lowest BCUT2D eigenvalue weighted by molar-refractivity contribution is -0.150. The first-order chi connectivity index (χ1) is 9.51. The molecule has 1 heterocycles. The van der Waals surface area contributed by atoms with Crippen molar-refractivity contribution in [2.45, 2.75) is 24.7 Å². The number of carbonyl (C=O) groups is 1. The number of nitrogens with zero attached hydrogens (tertiary/aromatic N) is 1. The number of halogens is 1. The van der Waals surface area contributed by atoms with Crippen LogP contribution in [0.2, 0.25) is 0 Å². The molecule has 1 aliphatic rings. The first-order valence-electron chi connectivity index (χ1n) is 6.84. The molecular weight excluding hydrogens is 277 g/mol. The maximum atomic E-state index is 13.4. The van der Waals surface area contributed by atoms with Gasteiger partial charge in [-0.15, -0.1) is 11.8 Å². The largest absolute Gasteiger partial charge is 0.481 e. The Morgan fingerprint density at radius 1 is 1.40 bits per heavy atom. The van der Waals surface area contributed by atoms with Crippen molar-refractivity contribution in [2.24, 2.45) is 5.41 Å². The number of thioether (sulfide) groups is 1. The van der Waals surface area contributed by atoms with E-state index < -0.39 is 11.4 Å². The molecule has 0 atom stereocenters. The summed E-state index contributed by atoms with van der Waals surface area (Å²) in [4.78, 5) is 14.1. The van der Waals surface area contributed by atoms with Gasteiger partial charge >= 0.3 is 5.97 Å². The molecule has 0 spiro atoms. The molecule has 3 nitrogen and oxygen atoms in total. The van der Waals surface area contributed by atoms with Crippen molar-refractivity contribution in [1.29, 1.82) is 0 Å². The van der Waals surface area contributed by atoms with Gasteiger partial charge in [0.1, 0.15) is 5.82 Å². The summed E-state index contributed by atoms with van der Waals surface area (Å²) < 4.78 is 13.4. The molecule has 0 amide bonds. The van der Waals surface area contributed by atoms with E-state index in [4.69, 9.17) is 0 Å². The minimum absolute atomic E-state index is 0.172. The van der Waals surface area contributed by atoms with Gasteiger partial charge in [0.2, 0.25) is 0 Å². The first kappa shape index (κ1) is 15.3. The van der Waals surface area contributed by atoms with Crippen LogP contribution in [0, 0.1) is 11.2 Å². The Morgan fingerprint density at radius 2 is 2.05 bits per heavy atom. The van der Waals surface area contributed by atoms with E-state index in [2.05, 4.69) is 4.90 Å². The van der Waals surface area contributed by atoms with Gasteiger partial charge in [0.15, 0.2) is 0 Å². The van der Waals surface area contributed by atoms with Crippen molar-refractivity contribution < 1.29 is 14.3 Å². The summed E-state index contributed by atoms with van der Waals surface area (Å²) in [5.41, 5.74) is -0.574. The lowest BCUT2D eigenvalue weighted by Gasteiger charge is -2.36. The summed E-state index contributed by atoms with van der Waals surface area (Å²) in [5.74, 6) is -0.0439. The zero-order chi connectivity index (χ0) is 14.6. The molecule has 2 rings (SSSR count). The van der Waals surface area contributed by atoms with Crippen molar-refractivity contribution in [2.75, 3.05) is 25.4 Å². The van der Waals surface area contributed by atoms with Crippen LogP contribution in [-0.4, -0.2) is 41.4 Å². The van der Waals surface area contributed by atoms with E-state index in [1.807, 2.05) is 13.0 Å². The van der Waals surface area contributed by atoms with Crippen LogP contribution in [0.1, 0.15) is 19.8 Å². The maximum Gasteiger partial charge on any atom is 0.309 e. The molecule has 0 bridgehead atoms. The van der Waals surface area contributed by atoms with E-state index in [0.717, 1.165) is 25.4 Å². The normalized spacial score (nSPS) is 18.9. The minimum Gasteiger partial charge on any atom is -0.481 e. The Hall–Kier alpha value is -1.07. The molecule has 0 radical (unpaired) electrons. The number of hydrogen-bond acceptors (Lipinski definition) is 3. The Kier molecular flexibility index (Phi) is 5.05. The van der Waals surface area contributed by atoms with E-state index in [-0.39, 0.29) is 5.82 Å². The number of carboxylic acid groups (broad SMARTS) is 1. The summed E-state index contributed by atoms with van der Waals surface area (Å²) in [5, 5.41) is 9.17. The van der Waals surface area contributed by atoms with Crippen molar-refractivity contribution >= 4 is 17.7 Å². The van der Waals surface area contributed by atoms with Crippen molar-refractivity contribution in [3.63, 3.8) is 0 Å². The van der Waals surface area contributed by atoms with Crippen LogP contribution >= 0.6 is 11.8 Å². The summed E-state index contributed by atoms with van der Waals surface area (Å²) in [6, 6.07) is 6.79. The zero-order valence-corrected chi connectivity index (χ0v) is 12.5. The van der Waals surface area contributed by atoms with Crippen LogP contribution < -0.4 is 0 Å². The summed E-state index contributed by atoms with van der Waals surface area (Å²) in [6.45, 7) is 4.30. The van der Waals surface area contributed by atoms with E-state index in [1.165, 1.54) is 17.8 Å². The first-order valence-corrected chi connectivity index (χ1v) is 7.83. The highest BCUT2D eigenvalue weighted by Gasteiger charge is 2.36. The molecule has 1 aliphatic heterocycles. The molecule has 1 saturated heterocycles. The number of benzene rings is 1. The van der Waals surface area contributed by atoms with Crippen LogP contribution in [-0.2, 0) is 4.79 Å². The number of aliphatic carboxylic acids is 1. The minimum atomic E-state index is -0.696. The fourth-order valence-electron chi connectivity index (χ4n) is 2.33. The van der Waals surface area contributed by atoms with Gasteiger partial charge in [-0.25, -0.2) is 4.39 Å². The summed E-state index contributed by atoms with van der Waals surface area (Å²) in [7, 11) is 0. The lowest BCUT2D eigenvalue weighted by atomic mass is 9.80. The van der Waals surface area contributed by atoms with Crippen molar-refractivity contribution in [3.05, 3.63) is 30.1 Å². The Morgan fingerprint density at radius 3 is 2.65 bits per heavy atom. The lowest BCUT2D eigenvalue weighted by Crippen LogP contribution is -2.43. The van der Waals surface area contributed by atoms with Gasteiger partial charge in [0, 0.05) is 17.2 Å². The standard InChI is InChI=1S/C15H20FNO2S/c1-15(14(18)19)6-8-17(9-7-15)10-11-20-13-5-3-2-4-12(13)16/h2-5H,6-11H2,1H3,(H,18,19). The Labute approximate surface area is 123 Å². The van der Waals surface area contributed by atoms with Crippen LogP contribution in [0.5, 0.6) is 0 Å². The molecule has 1 aromatic rings. The van der Waals surface area contributed by atoms with E-state index in [0.29, 0.717) is 17.7 Å². The number of carboxylic acids is 1. The topological polar surface area (TPSA) is 40.5 Å². The Bertz CT molecular complexity index is 473. The molecule has 1 aromatic carbocycles. The maximum absolute atomic E-state index is 13.4. The molecule has 0 unspecified atom stereocenters. The van der Waals surface area contributed by atoms with Crippen LogP contribution in [0.4, 0.5) is 4.39 Å². The van der Waals surface area contributed by atoms with E-state index >= 15 is 0 Å².